The van der Waals surface area contributed by atoms with Crippen LogP contribution in [0.2, 0.25) is 0 Å². The van der Waals surface area contributed by atoms with Crippen LogP contribution in [-0.2, 0) is 0 Å². The summed E-state index contributed by atoms with van der Waals surface area (Å²) in [6.45, 7) is 1.98. The van der Waals surface area contributed by atoms with Crippen LogP contribution in [0.15, 0.2) is 16.6 Å². The molecule has 1 rings (SSSR count). The van der Waals surface area contributed by atoms with E-state index in [4.69, 9.17) is 10.8 Å². The molecule has 4 nitrogen and oxygen atoms in total. The zero-order valence-corrected chi connectivity index (χ0v) is 11.7. The third-order valence-corrected chi connectivity index (χ3v) is 2.94. The summed E-state index contributed by atoms with van der Waals surface area (Å²) in [5.74, 6) is -1.02. The second kappa shape index (κ2) is 6.83. The van der Waals surface area contributed by atoms with Gasteiger partial charge in [-0.2, -0.15) is 0 Å². The van der Waals surface area contributed by atoms with E-state index in [-0.39, 0.29) is 29.8 Å². The first-order valence-corrected chi connectivity index (χ1v) is 5.78. The van der Waals surface area contributed by atoms with Crippen molar-refractivity contribution in [2.75, 3.05) is 0 Å². The molecule has 0 radical (unpaired) electrons. The SMILES string of the molecule is CCC[C@@H](N)c1cc(C(=O)O)cc(Br)c1O.Cl. The van der Waals surface area contributed by atoms with Crippen molar-refractivity contribution in [3.63, 3.8) is 0 Å². The monoisotopic (exact) mass is 323 g/mol. The second-order valence-electron chi connectivity index (χ2n) is 3.60. The Balaban J connectivity index is 0.00000256. The van der Waals surface area contributed by atoms with E-state index in [1.165, 1.54) is 12.1 Å². The van der Waals surface area contributed by atoms with Crippen LogP contribution in [0.5, 0.6) is 5.75 Å². The fourth-order valence-corrected chi connectivity index (χ4v) is 1.97. The van der Waals surface area contributed by atoms with Crippen LogP contribution < -0.4 is 5.73 Å². The van der Waals surface area contributed by atoms with Crippen molar-refractivity contribution < 1.29 is 15.0 Å². The minimum absolute atomic E-state index is 0. The van der Waals surface area contributed by atoms with Gasteiger partial charge in [-0.05, 0) is 34.5 Å². The zero-order valence-electron chi connectivity index (χ0n) is 9.31. The van der Waals surface area contributed by atoms with Crippen molar-refractivity contribution in [2.45, 2.75) is 25.8 Å². The topological polar surface area (TPSA) is 83.6 Å². The molecule has 1 atom stereocenters. The number of hydrogen-bond donors (Lipinski definition) is 3. The molecule has 1 aromatic rings. The van der Waals surface area contributed by atoms with Crippen LogP contribution in [0.1, 0.15) is 41.7 Å². The number of aromatic carboxylic acids is 1. The number of phenols is 1. The summed E-state index contributed by atoms with van der Waals surface area (Å²) < 4.78 is 0.356. The summed E-state index contributed by atoms with van der Waals surface area (Å²) in [5.41, 5.74) is 6.45. The Bertz CT molecular complexity index is 412. The molecule has 0 unspecified atom stereocenters. The minimum atomic E-state index is -1.04. The van der Waals surface area contributed by atoms with E-state index in [9.17, 15) is 9.90 Å². The normalized spacial score (nSPS) is 11.7. The maximum atomic E-state index is 10.9. The number of carboxylic acid groups (broad SMARTS) is 1. The molecule has 0 aliphatic rings. The van der Waals surface area contributed by atoms with Gasteiger partial charge in [0, 0.05) is 11.6 Å². The molecular formula is C11H15BrClNO3. The summed E-state index contributed by atoms with van der Waals surface area (Å²) in [5, 5.41) is 18.7. The van der Waals surface area contributed by atoms with Gasteiger partial charge in [0.25, 0.3) is 0 Å². The van der Waals surface area contributed by atoms with Gasteiger partial charge in [0.05, 0.1) is 10.0 Å². The van der Waals surface area contributed by atoms with Crippen molar-refractivity contribution in [2.24, 2.45) is 5.73 Å². The highest BCUT2D eigenvalue weighted by Crippen LogP contribution is 2.34. The molecule has 0 heterocycles. The third-order valence-electron chi connectivity index (χ3n) is 2.34. The number of carboxylic acids is 1. The molecule has 0 bridgehead atoms. The molecule has 0 fully saturated rings. The highest BCUT2D eigenvalue weighted by molar-refractivity contribution is 9.10. The number of carbonyl (C=O) groups is 1. The van der Waals surface area contributed by atoms with E-state index < -0.39 is 5.97 Å². The first-order valence-electron chi connectivity index (χ1n) is 4.98. The molecule has 0 amide bonds. The number of phenolic OH excluding ortho intramolecular Hbond substituents is 1. The van der Waals surface area contributed by atoms with Gasteiger partial charge in [-0.25, -0.2) is 4.79 Å². The molecule has 96 valence electrons. The van der Waals surface area contributed by atoms with Gasteiger partial charge in [0.2, 0.25) is 0 Å². The summed E-state index contributed by atoms with van der Waals surface area (Å²) in [4.78, 5) is 10.9. The maximum Gasteiger partial charge on any atom is 0.335 e. The highest BCUT2D eigenvalue weighted by Gasteiger charge is 2.16. The predicted octanol–water partition coefficient (Wildman–Crippen LogP) is 3.07. The molecule has 0 saturated carbocycles. The smallest absolute Gasteiger partial charge is 0.335 e. The number of hydrogen-bond acceptors (Lipinski definition) is 3. The first kappa shape index (κ1) is 16.2. The van der Waals surface area contributed by atoms with Crippen molar-refractivity contribution in [1.29, 1.82) is 0 Å². The standard InChI is InChI=1S/C11H14BrNO3.ClH/c1-2-3-9(13)7-4-6(11(15)16)5-8(12)10(7)14;/h4-5,9,14H,2-3,13H2,1H3,(H,15,16);1H/t9-;/m1./s1. The summed E-state index contributed by atoms with van der Waals surface area (Å²) >= 11 is 3.12. The molecule has 1 aromatic carbocycles. The van der Waals surface area contributed by atoms with Crippen LogP contribution in [0.25, 0.3) is 0 Å². The fraction of sp³-hybridized carbons (Fsp3) is 0.364. The summed E-state index contributed by atoms with van der Waals surface area (Å²) in [7, 11) is 0. The van der Waals surface area contributed by atoms with Gasteiger partial charge >= 0.3 is 5.97 Å². The Kier molecular flexibility index (Phi) is 6.52. The van der Waals surface area contributed by atoms with E-state index in [1.807, 2.05) is 6.92 Å². The van der Waals surface area contributed by atoms with Crippen LogP contribution >= 0.6 is 28.3 Å². The van der Waals surface area contributed by atoms with Crippen LogP contribution in [0.3, 0.4) is 0 Å². The molecule has 0 aromatic heterocycles. The van der Waals surface area contributed by atoms with Gasteiger partial charge < -0.3 is 15.9 Å². The Hall–Kier alpha value is -0.780. The van der Waals surface area contributed by atoms with Gasteiger partial charge in [-0.15, -0.1) is 12.4 Å². The first-order chi connectivity index (χ1) is 7.47. The predicted molar refractivity (Wildman–Crippen MR) is 71.9 cm³/mol. The van der Waals surface area contributed by atoms with Crippen LogP contribution in [-0.4, -0.2) is 16.2 Å². The lowest BCUT2D eigenvalue weighted by Gasteiger charge is -2.14. The number of nitrogens with two attached hydrogens (primary N) is 1. The molecular weight excluding hydrogens is 309 g/mol. The van der Waals surface area contributed by atoms with Crippen molar-refractivity contribution in [3.05, 3.63) is 27.7 Å². The third kappa shape index (κ3) is 3.87. The maximum absolute atomic E-state index is 10.9. The van der Waals surface area contributed by atoms with E-state index in [0.717, 1.165) is 6.42 Å². The molecule has 4 N–H and O–H groups in total. The van der Waals surface area contributed by atoms with Crippen molar-refractivity contribution in [3.8, 4) is 5.75 Å². The average Bonchev–Trinajstić information content (AvgIpc) is 2.21. The molecule has 0 saturated heterocycles. The zero-order chi connectivity index (χ0) is 12.3. The lowest BCUT2D eigenvalue weighted by Crippen LogP contribution is -2.11. The van der Waals surface area contributed by atoms with Gasteiger partial charge in [-0.1, -0.05) is 13.3 Å². The van der Waals surface area contributed by atoms with Gasteiger partial charge in [-0.3, -0.25) is 0 Å². The summed E-state index contributed by atoms with van der Waals surface area (Å²) in [6.07, 6.45) is 1.57. The second-order valence-corrected chi connectivity index (χ2v) is 4.45. The number of benzene rings is 1. The molecule has 17 heavy (non-hydrogen) atoms. The molecule has 0 aliphatic heterocycles. The van der Waals surface area contributed by atoms with Gasteiger partial charge in [0.15, 0.2) is 0 Å². The molecule has 0 spiro atoms. The van der Waals surface area contributed by atoms with Crippen LogP contribution in [0.4, 0.5) is 0 Å². The molecule has 0 aliphatic carbocycles. The quantitative estimate of drug-likeness (QED) is 0.794. The minimum Gasteiger partial charge on any atom is -0.506 e. The van der Waals surface area contributed by atoms with E-state index >= 15 is 0 Å². The number of aromatic hydroxyl groups is 1. The Labute approximate surface area is 114 Å². The number of rotatable bonds is 4. The van der Waals surface area contributed by atoms with E-state index in [2.05, 4.69) is 15.9 Å². The van der Waals surface area contributed by atoms with Crippen LogP contribution in [0, 0.1) is 0 Å². The Morgan fingerprint density at radius 2 is 2.12 bits per heavy atom. The summed E-state index contributed by atoms with van der Waals surface area (Å²) in [6, 6.07) is 2.43. The lowest BCUT2D eigenvalue weighted by atomic mass is 10.00. The van der Waals surface area contributed by atoms with Crippen molar-refractivity contribution >= 4 is 34.3 Å². The average molecular weight is 325 g/mol. The lowest BCUT2D eigenvalue weighted by molar-refractivity contribution is 0.0696. The largest absolute Gasteiger partial charge is 0.506 e. The van der Waals surface area contributed by atoms with E-state index in [0.29, 0.717) is 16.5 Å². The Morgan fingerprint density at radius 3 is 2.59 bits per heavy atom. The highest BCUT2D eigenvalue weighted by atomic mass is 79.9. The number of halogens is 2. The van der Waals surface area contributed by atoms with Crippen molar-refractivity contribution in [1.82, 2.24) is 0 Å². The molecule has 6 heteroatoms. The fourth-order valence-electron chi connectivity index (χ4n) is 1.49. The van der Waals surface area contributed by atoms with E-state index in [1.54, 1.807) is 0 Å². The van der Waals surface area contributed by atoms with Gasteiger partial charge in [0.1, 0.15) is 5.75 Å². The Morgan fingerprint density at radius 1 is 1.53 bits per heavy atom.